The summed E-state index contributed by atoms with van der Waals surface area (Å²) >= 11 is 1.06. The third kappa shape index (κ3) is 3.69. The first-order valence-corrected chi connectivity index (χ1v) is 6.39. The van der Waals surface area contributed by atoms with Crippen molar-refractivity contribution in [1.82, 2.24) is 10.3 Å². The summed E-state index contributed by atoms with van der Waals surface area (Å²) < 4.78 is 0. The minimum atomic E-state index is -1.04. The minimum absolute atomic E-state index is 0.180. The molecular weight excluding hydrogens is 254 g/mol. The number of hydrogen-bond acceptors (Lipinski definition) is 5. The Morgan fingerprint density at radius 2 is 2.11 bits per heavy atom. The van der Waals surface area contributed by atoms with Crippen LogP contribution in [-0.4, -0.2) is 28.0 Å². The molecule has 0 bridgehead atoms. The zero-order valence-corrected chi connectivity index (χ0v) is 11.4. The Bertz CT molecular complexity index is 456. The van der Waals surface area contributed by atoms with Crippen LogP contribution in [0.5, 0.6) is 0 Å². The summed E-state index contributed by atoms with van der Waals surface area (Å²) in [5, 5.41) is 11.8. The molecular formula is C11H17N3O3S. The van der Waals surface area contributed by atoms with E-state index in [0.717, 1.165) is 11.3 Å². The van der Waals surface area contributed by atoms with E-state index in [9.17, 15) is 9.59 Å². The molecule has 100 valence electrons. The normalized spacial score (nSPS) is 12.4. The number of hydrogen-bond donors (Lipinski definition) is 3. The van der Waals surface area contributed by atoms with E-state index in [1.165, 1.54) is 0 Å². The lowest BCUT2D eigenvalue weighted by molar-refractivity contribution is -0.139. The number of aryl methyl sites for hydroxylation is 1. The maximum Gasteiger partial charge on any atom is 0.326 e. The van der Waals surface area contributed by atoms with Crippen LogP contribution in [0.3, 0.4) is 0 Å². The maximum absolute atomic E-state index is 11.9. The fourth-order valence-electron chi connectivity index (χ4n) is 1.54. The number of rotatable bonds is 5. The average molecular weight is 271 g/mol. The van der Waals surface area contributed by atoms with Crippen molar-refractivity contribution in [3.05, 3.63) is 10.6 Å². The van der Waals surface area contributed by atoms with Crippen molar-refractivity contribution in [1.29, 1.82) is 0 Å². The van der Waals surface area contributed by atoms with Crippen molar-refractivity contribution in [2.24, 2.45) is 5.92 Å². The Morgan fingerprint density at radius 1 is 1.50 bits per heavy atom. The predicted octanol–water partition coefficient (Wildman–Crippen LogP) is 1.26. The van der Waals surface area contributed by atoms with Crippen LogP contribution in [0.4, 0.5) is 5.13 Å². The number of aromatic nitrogens is 1. The van der Waals surface area contributed by atoms with Crippen LogP contribution in [-0.2, 0) is 4.79 Å². The van der Waals surface area contributed by atoms with Gasteiger partial charge in [-0.3, -0.25) is 4.79 Å². The Hall–Kier alpha value is -1.63. The number of carbonyl (C=O) groups is 2. The number of carbonyl (C=O) groups excluding carboxylic acids is 1. The van der Waals surface area contributed by atoms with Crippen molar-refractivity contribution in [2.75, 3.05) is 5.73 Å². The Morgan fingerprint density at radius 3 is 2.50 bits per heavy atom. The lowest BCUT2D eigenvalue weighted by Crippen LogP contribution is -2.41. The van der Waals surface area contributed by atoms with E-state index in [2.05, 4.69) is 10.3 Å². The number of amides is 1. The second-order valence-corrected chi connectivity index (χ2v) is 5.49. The predicted molar refractivity (Wildman–Crippen MR) is 69.6 cm³/mol. The monoisotopic (exact) mass is 271 g/mol. The summed E-state index contributed by atoms with van der Waals surface area (Å²) in [6.45, 7) is 5.47. The van der Waals surface area contributed by atoms with Crippen LogP contribution < -0.4 is 11.1 Å². The molecule has 0 fully saturated rings. The molecule has 1 heterocycles. The van der Waals surface area contributed by atoms with E-state index in [0.29, 0.717) is 22.1 Å². The number of carboxylic acids is 1. The molecule has 0 unspecified atom stereocenters. The minimum Gasteiger partial charge on any atom is -0.480 e. The van der Waals surface area contributed by atoms with E-state index in [1.54, 1.807) is 6.92 Å². The van der Waals surface area contributed by atoms with Gasteiger partial charge in [0.15, 0.2) is 5.13 Å². The van der Waals surface area contributed by atoms with Gasteiger partial charge < -0.3 is 16.2 Å². The largest absolute Gasteiger partial charge is 0.480 e. The third-order valence-corrected chi connectivity index (χ3v) is 3.32. The highest BCUT2D eigenvalue weighted by molar-refractivity contribution is 7.17. The first kappa shape index (κ1) is 14.4. The van der Waals surface area contributed by atoms with Crippen LogP contribution in [0.25, 0.3) is 0 Å². The number of nitrogen functional groups attached to an aromatic ring is 1. The van der Waals surface area contributed by atoms with E-state index < -0.39 is 17.9 Å². The molecule has 0 aliphatic rings. The van der Waals surface area contributed by atoms with Crippen LogP contribution >= 0.6 is 11.3 Å². The number of nitrogens with two attached hydrogens (primary N) is 1. The maximum atomic E-state index is 11.9. The molecule has 0 saturated carbocycles. The molecule has 1 aromatic rings. The molecule has 7 heteroatoms. The highest BCUT2D eigenvalue weighted by Crippen LogP contribution is 2.19. The molecule has 1 amide bonds. The Labute approximate surface area is 109 Å². The standard InChI is InChI=1S/C11H17N3O3S/c1-5(2)4-7(10(16)17)14-9(15)8-6(3)13-11(12)18-8/h5,7H,4H2,1-3H3,(H2,12,13)(H,14,15)(H,16,17)/t7-/m1/s1. The second kappa shape index (κ2) is 5.81. The fraction of sp³-hybridized carbons (Fsp3) is 0.545. The van der Waals surface area contributed by atoms with Gasteiger partial charge in [-0.25, -0.2) is 9.78 Å². The zero-order chi connectivity index (χ0) is 13.9. The zero-order valence-electron chi connectivity index (χ0n) is 10.6. The van der Waals surface area contributed by atoms with Crippen molar-refractivity contribution in [2.45, 2.75) is 33.2 Å². The van der Waals surface area contributed by atoms with Crippen LogP contribution in [0.1, 0.15) is 35.6 Å². The highest BCUT2D eigenvalue weighted by atomic mass is 32.1. The molecule has 1 rings (SSSR count). The van der Waals surface area contributed by atoms with E-state index in [4.69, 9.17) is 10.8 Å². The first-order valence-electron chi connectivity index (χ1n) is 5.57. The van der Waals surface area contributed by atoms with Gasteiger partial charge in [0, 0.05) is 0 Å². The molecule has 1 aromatic heterocycles. The van der Waals surface area contributed by atoms with Gasteiger partial charge in [-0.2, -0.15) is 0 Å². The van der Waals surface area contributed by atoms with Gasteiger partial charge in [0.2, 0.25) is 0 Å². The summed E-state index contributed by atoms with van der Waals surface area (Å²) in [5.41, 5.74) is 6.02. The van der Waals surface area contributed by atoms with Gasteiger partial charge in [0.25, 0.3) is 5.91 Å². The first-order chi connectivity index (χ1) is 8.31. The molecule has 4 N–H and O–H groups in total. The molecule has 0 aliphatic heterocycles. The molecule has 6 nitrogen and oxygen atoms in total. The van der Waals surface area contributed by atoms with Crippen molar-refractivity contribution < 1.29 is 14.7 Å². The second-order valence-electron chi connectivity index (χ2n) is 4.46. The molecule has 0 aliphatic carbocycles. The summed E-state index contributed by atoms with van der Waals surface area (Å²) in [6, 6.07) is -0.889. The number of thiazole rings is 1. The van der Waals surface area contributed by atoms with Crippen LogP contribution in [0.2, 0.25) is 0 Å². The fourth-order valence-corrected chi connectivity index (χ4v) is 2.28. The van der Waals surface area contributed by atoms with Crippen molar-refractivity contribution in [3.8, 4) is 0 Å². The molecule has 0 spiro atoms. The lowest BCUT2D eigenvalue weighted by atomic mass is 10.0. The van der Waals surface area contributed by atoms with Gasteiger partial charge in [0.05, 0.1) is 5.69 Å². The topological polar surface area (TPSA) is 105 Å². The third-order valence-electron chi connectivity index (χ3n) is 2.33. The molecule has 0 radical (unpaired) electrons. The van der Waals surface area contributed by atoms with Crippen molar-refractivity contribution in [3.63, 3.8) is 0 Å². The number of carboxylic acid groups (broad SMARTS) is 1. The number of aliphatic carboxylic acids is 1. The summed E-state index contributed by atoms with van der Waals surface area (Å²) in [7, 11) is 0. The smallest absolute Gasteiger partial charge is 0.326 e. The van der Waals surface area contributed by atoms with Gasteiger partial charge in [-0.15, -0.1) is 0 Å². The van der Waals surface area contributed by atoms with Gasteiger partial charge in [-0.05, 0) is 19.3 Å². The molecule has 18 heavy (non-hydrogen) atoms. The Kier molecular flexibility index (Phi) is 4.66. The van der Waals surface area contributed by atoms with Gasteiger partial charge in [0.1, 0.15) is 10.9 Å². The number of nitrogens with one attached hydrogen (secondary N) is 1. The van der Waals surface area contributed by atoms with Crippen LogP contribution in [0, 0.1) is 12.8 Å². The molecule has 0 aromatic carbocycles. The van der Waals surface area contributed by atoms with Gasteiger partial charge in [-0.1, -0.05) is 25.2 Å². The summed E-state index contributed by atoms with van der Waals surface area (Å²) in [6.07, 6.45) is 0.383. The van der Waals surface area contributed by atoms with E-state index >= 15 is 0 Å². The van der Waals surface area contributed by atoms with Crippen LogP contribution in [0.15, 0.2) is 0 Å². The SMILES string of the molecule is Cc1nc(N)sc1C(=O)N[C@H](CC(C)C)C(=O)O. The quantitative estimate of drug-likeness (QED) is 0.747. The number of nitrogens with zero attached hydrogens (tertiary/aromatic N) is 1. The van der Waals surface area contributed by atoms with Gasteiger partial charge >= 0.3 is 5.97 Å². The summed E-state index contributed by atoms with van der Waals surface area (Å²) in [5.74, 6) is -1.29. The molecule has 0 saturated heterocycles. The van der Waals surface area contributed by atoms with E-state index in [1.807, 2.05) is 13.8 Å². The number of anilines is 1. The van der Waals surface area contributed by atoms with E-state index in [-0.39, 0.29) is 5.92 Å². The lowest BCUT2D eigenvalue weighted by Gasteiger charge is -2.15. The summed E-state index contributed by atoms with van der Waals surface area (Å²) in [4.78, 5) is 27.3. The Balaban J connectivity index is 2.78. The highest BCUT2D eigenvalue weighted by Gasteiger charge is 2.23. The van der Waals surface area contributed by atoms with Crippen molar-refractivity contribution >= 4 is 28.3 Å². The average Bonchev–Trinajstić information content (AvgIpc) is 2.56. The molecule has 1 atom stereocenters.